The molecule has 0 aliphatic carbocycles. The SMILES string of the molecule is CCN(CC)C(=O)Cn1c(CNC(=O)c2ccccn2)nc2ccccc21. The van der Waals surface area contributed by atoms with E-state index in [0.29, 0.717) is 24.6 Å². The number of amides is 2. The average molecular weight is 365 g/mol. The van der Waals surface area contributed by atoms with E-state index in [2.05, 4.69) is 15.3 Å². The van der Waals surface area contributed by atoms with Crippen LogP contribution in [-0.4, -0.2) is 44.3 Å². The number of fused-ring (bicyclic) bond motifs is 1. The first-order chi connectivity index (χ1) is 13.1. The summed E-state index contributed by atoms with van der Waals surface area (Å²) >= 11 is 0. The third-order valence-corrected chi connectivity index (χ3v) is 4.45. The molecule has 3 rings (SSSR count). The number of carbonyl (C=O) groups excluding carboxylic acids is 2. The van der Waals surface area contributed by atoms with Crippen molar-refractivity contribution in [2.24, 2.45) is 0 Å². The lowest BCUT2D eigenvalue weighted by Gasteiger charge is -2.20. The van der Waals surface area contributed by atoms with Gasteiger partial charge in [0.15, 0.2) is 0 Å². The van der Waals surface area contributed by atoms with Crippen LogP contribution in [0.15, 0.2) is 48.7 Å². The molecule has 1 N–H and O–H groups in total. The fraction of sp³-hybridized carbons (Fsp3) is 0.300. The Balaban J connectivity index is 1.84. The van der Waals surface area contributed by atoms with Crippen molar-refractivity contribution in [1.82, 2.24) is 24.8 Å². The normalized spacial score (nSPS) is 10.7. The smallest absolute Gasteiger partial charge is 0.270 e. The Kier molecular flexibility index (Phi) is 5.80. The molecule has 0 saturated carbocycles. The number of imidazole rings is 1. The molecule has 0 radical (unpaired) electrons. The van der Waals surface area contributed by atoms with Gasteiger partial charge in [-0.2, -0.15) is 0 Å². The number of aromatic nitrogens is 3. The van der Waals surface area contributed by atoms with Crippen LogP contribution in [-0.2, 0) is 17.9 Å². The quantitative estimate of drug-likeness (QED) is 0.696. The monoisotopic (exact) mass is 365 g/mol. The average Bonchev–Trinajstić information content (AvgIpc) is 3.05. The molecule has 0 spiro atoms. The molecule has 27 heavy (non-hydrogen) atoms. The van der Waals surface area contributed by atoms with Crippen molar-refractivity contribution in [1.29, 1.82) is 0 Å². The highest BCUT2D eigenvalue weighted by molar-refractivity contribution is 5.92. The third-order valence-electron chi connectivity index (χ3n) is 4.45. The molecule has 7 nitrogen and oxygen atoms in total. The molecule has 0 bridgehead atoms. The van der Waals surface area contributed by atoms with Crippen molar-refractivity contribution < 1.29 is 9.59 Å². The molecule has 3 aromatic rings. The minimum atomic E-state index is -0.274. The summed E-state index contributed by atoms with van der Waals surface area (Å²) < 4.78 is 1.87. The maximum atomic E-state index is 12.6. The summed E-state index contributed by atoms with van der Waals surface area (Å²) in [6.45, 7) is 5.65. The molecule has 0 fully saturated rings. The largest absolute Gasteiger partial charge is 0.343 e. The summed E-state index contributed by atoms with van der Waals surface area (Å²) in [4.78, 5) is 35.3. The molecule has 0 aliphatic heterocycles. The van der Waals surface area contributed by atoms with Crippen molar-refractivity contribution in [3.63, 3.8) is 0 Å². The van der Waals surface area contributed by atoms with E-state index in [0.717, 1.165) is 11.0 Å². The van der Waals surface area contributed by atoms with Crippen molar-refractivity contribution >= 4 is 22.8 Å². The molecule has 1 aromatic carbocycles. The Morgan fingerprint density at radius 1 is 1.07 bits per heavy atom. The van der Waals surface area contributed by atoms with Crippen LogP contribution in [0.25, 0.3) is 11.0 Å². The van der Waals surface area contributed by atoms with Gasteiger partial charge in [0, 0.05) is 19.3 Å². The number of nitrogens with zero attached hydrogens (tertiary/aromatic N) is 4. The number of carbonyl (C=O) groups is 2. The van der Waals surface area contributed by atoms with Crippen LogP contribution in [0.3, 0.4) is 0 Å². The van der Waals surface area contributed by atoms with E-state index in [1.54, 1.807) is 29.3 Å². The van der Waals surface area contributed by atoms with Gasteiger partial charge in [-0.1, -0.05) is 18.2 Å². The lowest BCUT2D eigenvalue weighted by molar-refractivity contribution is -0.131. The Morgan fingerprint density at radius 3 is 2.52 bits per heavy atom. The number of hydrogen-bond donors (Lipinski definition) is 1. The zero-order chi connectivity index (χ0) is 19.2. The number of rotatable bonds is 7. The molecular formula is C20H23N5O2. The first-order valence-corrected chi connectivity index (χ1v) is 9.05. The predicted molar refractivity (Wildman–Crippen MR) is 103 cm³/mol. The van der Waals surface area contributed by atoms with Gasteiger partial charge in [0.25, 0.3) is 5.91 Å². The molecule has 0 atom stereocenters. The number of para-hydroxylation sites is 2. The second kappa shape index (κ2) is 8.44. The molecule has 7 heteroatoms. The zero-order valence-corrected chi connectivity index (χ0v) is 15.6. The number of hydrogen-bond acceptors (Lipinski definition) is 4. The number of benzene rings is 1. The van der Waals surface area contributed by atoms with Crippen LogP contribution >= 0.6 is 0 Å². The highest BCUT2D eigenvalue weighted by Gasteiger charge is 2.17. The summed E-state index contributed by atoms with van der Waals surface area (Å²) in [6.07, 6.45) is 1.58. The van der Waals surface area contributed by atoms with Crippen LogP contribution in [0, 0.1) is 0 Å². The lowest BCUT2D eigenvalue weighted by Crippen LogP contribution is -2.34. The van der Waals surface area contributed by atoms with Gasteiger partial charge in [0.05, 0.1) is 17.6 Å². The zero-order valence-electron chi connectivity index (χ0n) is 15.6. The summed E-state index contributed by atoms with van der Waals surface area (Å²) in [6, 6.07) is 12.8. The van der Waals surface area contributed by atoms with Crippen LogP contribution in [0.1, 0.15) is 30.2 Å². The van der Waals surface area contributed by atoms with Crippen LogP contribution < -0.4 is 5.32 Å². The highest BCUT2D eigenvalue weighted by Crippen LogP contribution is 2.16. The minimum Gasteiger partial charge on any atom is -0.343 e. The van der Waals surface area contributed by atoms with Gasteiger partial charge in [0.2, 0.25) is 5.91 Å². The maximum Gasteiger partial charge on any atom is 0.270 e. The van der Waals surface area contributed by atoms with E-state index < -0.39 is 0 Å². The lowest BCUT2D eigenvalue weighted by atomic mass is 10.3. The van der Waals surface area contributed by atoms with Crippen molar-refractivity contribution in [2.45, 2.75) is 26.9 Å². The van der Waals surface area contributed by atoms with Gasteiger partial charge in [0.1, 0.15) is 18.1 Å². The first kappa shape index (κ1) is 18.6. The molecule has 2 aromatic heterocycles. The van der Waals surface area contributed by atoms with Crippen LogP contribution in [0.2, 0.25) is 0 Å². The van der Waals surface area contributed by atoms with E-state index in [4.69, 9.17) is 0 Å². The van der Waals surface area contributed by atoms with Crippen molar-refractivity contribution in [2.75, 3.05) is 13.1 Å². The van der Waals surface area contributed by atoms with E-state index in [1.807, 2.05) is 42.7 Å². The fourth-order valence-corrected chi connectivity index (χ4v) is 3.00. The number of pyridine rings is 1. The molecule has 0 saturated heterocycles. The summed E-state index contributed by atoms with van der Waals surface area (Å²) in [7, 11) is 0. The van der Waals surface area contributed by atoms with E-state index >= 15 is 0 Å². The van der Waals surface area contributed by atoms with Gasteiger partial charge in [-0.05, 0) is 38.1 Å². The topological polar surface area (TPSA) is 80.1 Å². The molecule has 0 aliphatic rings. The van der Waals surface area contributed by atoms with Crippen molar-refractivity contribution in [3.8, 4) is 0 Å². The highest BCUT2D eigenvalue weighted by atomic mass is 16.2. The van der Waals surface area contributed by atoms with Gasteiger partial charge >= 0.3 is 0 Å². The van der Waals surface area contributed by atoms with Crippen LogP contribution in [0.5, 0.6) is 0 Å². The standard InChI is InChI=1S/C20H23N5O2/c1-3-24(4-2)19(26)14-25-17-11-6-5-9-15(17)23-18(25)13-22-20(27)16-10-7-8-12-21-16/h5-12H,3-4,13-14H2,1-2H3,(H,22,27). The van der Waals surface area contributed by atoms with Crippen LogP contribution in [0.4, 0.5) is 0 Å². The van der Waals surface area contributed by atoms with E-state index in [1.165, 1.54) is 0 Å². The molecule has 140 valence electrons. The molecule has 2 amide bonds. The fourth-order valence-electron chi connectivity index (χ4n) is 3.00. The third kappa shape index (κ3) is 4.13. The number of nitrogens with one attached hydrogen (secondary N) is 1. The summed E-state index contributed by atoms with van der Waals surface area (Å²) in [5.74, 6) is 0.394. The second-order valence-corrected chi connectivity index (χ2v) is 6.07. The first-order valence-electron chi connectivity index (χ1n) is 9.05. The Hall–Kier alpha value is -3.22. The minimum absolute atomic E-state index is 0.0282. The maximum absolute atomic E-state index is 12.6. The van der Waals surface area contributed by atoms with E-state index in [9.17, 15) is 9.59 Å². The molecule has 2 heterocycles. The second-order valence-electron chi connectivity index (χ2n) is 6.07. The predicted octanol–water partition coefficient (Wildman–Crippen LogP) is 2.23. The molecular weight excluding hydrogens is 342 g/mol. The number of likely N-dealkylation sites (N-methyl/N-ethyl adjacent to an activating group) is 1. The van der Waals surface area contributed by atoms with E-state index in [-0.39, 0.29) is 24.9 Å². The van der Waals surface area contributed by atoms with Crippen molar-refractivity contribution in [3.05, 3.63) is 60.2 Å². The summed E-state index contributed by atoms with van der Waals surface area (Å²) in [5.41, 5.74) is 2.02. The molecule has 0 unspecified atom stereocenters. The van der Waals surface area contributed by atoms with Gasteiger partial charge in [-0.15, -0.1) is 0 Å². The Morgan fingerprint density at radius 2 is 1.81 bits per heavy atom. The Labute approximate surface area is 158 Å². The Bertz CT molecular complexity index is 932. The summed E-state index contributed by atoms with van der Waals surface area (Å²) in [5, 5.41) is 2.84. The van der Waals surface area contributed by atoms with Gasteiger partial charge < -0.3 is 14.8 Å². The van der Waals surface area contributed by atoms with Gasteiger partial charge in [-0.25, -0.2) is 4.98 Å². The van der Waals surface area contributed by atoms with Gasteiger partial charge in [-0.3, -0.25) is 14.6 Å².